The second kappa shape index (κ2) is 6.88. The summed E-state index contributed by atoms with van der Waals surface area (Å²) >= 11 is 0. The minimum Gasteiger partial charge on any atom is -0.354 e. The van der Waals surface area contributed by atoms with Gasteiger partial charge in [0.05, 0.1) is 11.1 Å². The fourth-order valence-corrected chi connectivity index (χ4v) is 3.82. The maximum atomic E-state index is 13.5. The molecule has 3 nitrogen and oxygen atoms in total. The first-order valence-corrected chi connectivity index (χ1v) is 9.47. The van der Waals surface area contributed by atoms with Gasteiger partial charge < -0.3 is 4.98 Å². The number of ketones is 2. The third kappa shape index (κ3) is 2.84. The average Bonchev–Trinajstić information content (AvgIpc) is 3.17. The molecule has 1 heterocycles. The zero-order valence-electron chi connectivity index (χ0n) is 15.6. The zero-order valence-corrected chi connectivity index (χ0v) is 15.6. The van der Waals surface area contributed by atoms with Crippen LogP contribution in [0.2, 0.25) is 0 Å². The number of fused-ring (bicyclic) bond motifs is 3. The molecule has 0 aliphatic heterocycles. The summed E-state index contributed by atoms with van der Waals surface area (Å²) in [5.74, 6) is -0.326. The molecule has 0 atom stereocenters. The van der Waals surface area contributed by atoms with E-state index in [-0.39, 0.29) is 11.6 Å². The first-order chi connectivity index (χ1) is 14.2. The monoisotopic (exact) mass is 375 g/mol. The van der Waals surface area contributed by atoms with E-state index in [1.165, 1.54) is 0 Å². The van der Waals surface area contributed by atoms with Gasteiger partial charge in [0.2, 0.25) is 0 Å². The van der Waals surface area contributed by atoms with E-state index in [1.54, 1.807) is 30.3 Å². The molecule has 4 aromatic carbocycles. The first-order valence-electron chi connectivity index (χ1n) is 9.47. The van der Waals surface area contributed by atoms with E-state index in [2.05, 4.69) is 4.98 Å². The topological polar surface area (TPSA) is 49.9 Å². The normalized spacial score (nSPS) is 11.0. The third-order valence-corrected chi connectivity index (χ3v) is 5.23. The number of para-hydroxylation sites is 1. The molecule has 0 aliphatic rings. The minimum atomic E-state index is -0.165. The van der Waals surface area contributed by atoms with Crippen molar-refractivity contribution in [3.05, 3.63) is 119 Å². The van der Waals surface area contributed by atoms with Crippen molar-refractivity contribution < 1.29 is 9.59 Å². The number of rotatable bonds is 4. The molecule has 5 aromatic rings. The van der Waals surface area contributed by atoms with Crippen molar-refractivity contribution in [1.82, 2.24) is 4.98 Å². The minimum absolute atomic E-state index is 0.162. The number of nitrogens with one attached hydrogen (secondary N) is 1. The van der Waals surface area contributed by atoms with E-state index >= 15 is 0 Å². The predicted molar refractivity (Wildman–Crippen MR) is 116 cm³/mol. The number of hydrogen-bond donors (Lipinski definition) is 1. The van der Waals surface area contributed by atoms with Crippen LogP contribution < -0.4 is 0 Å². The zero-order chi connectivity index (χ0) is 19.8. The van der Waals surface area contributed by atoms with Crippen LogP contribution in [-0.2, 0) is 0 Å². The van der Waals surface area contributed by atoms with Gasteiger partial charge in [-0.15, -0.1) is 0 Å². The Kier molecular flexibility index (Phi) is 4.07. The Morgan fingerprint density at radius 1 is 0.552 bits per heavy atom. The molecule has 0 saturated carbocycles. The standard InChI is InChI=1S/C26H17NO2/c28-25(17-9-3-1-4-10-17)21-16-15-20-19-13-7-8-14-22(19)27-24(20)23(21)26(29)18-11-5-2-6-12-18/h1-16,27H. The van der Waals surface area contributed by atoms with Crippen LogP contribution in [0.25, 0.3) is 21.8 Å². The molecule has 0 saturated heterocycles. The molecule has 3 heteroatoms. The molecule has 0 unspecified atom stereocenters. The van der Waals surface area contributed by atoms with Crippen LogP contribution in [0.4, 0.5) is 0 Å². The van der Waals surface area contributed by atoms with Gasteiger partial charge in [0.1, 0.15) is 0 Å². The largest absolute Gasteiger partial charge is 0.354 e. The third-order valence-electron chi connectivity index (χ3n) is 5.23. The highest BCUT2D eigenvalue weighted by molar-refractivity contribution is 6.26. The number of H-pyrrole nitrogens is 1. The highest BCUT2D eigenvalue weighted by Gasteiger charge is 2.24. The van der Waals surface area contributed by atoms with Gasteiger partial charge in [0, 0.05) is 33.0 Å². The van der Waals surface area contributed by atoms with Crippen molar-refractivity contribution in [2.24, 2.45) is 0 Å². The summed E-state index contributed by atoms with van der Waals surface area (Å²) in [5.41, 5.74) is 3.57. The lowest BCUT2D eigenvalue weighted by Crippen LogP contribution is -2.12. The van der Waals surface area contributed by atoms with Gasteiger partial charge in [-0.25, -0.2) is 0 Å². The second-order valence-corrected chi connectivity index (χ2v) is 6.97. The Balaban J connectivity index is 1.82. The molecule has 0 radical (unpaired) electrons. The summed E-state index contributed by atoms with van der Waals surface area (Å²) in [6.07, 6.45) is 0. The lowest BCUT2D eigenvalue weighted by atomic mass is 9.91. The number of aromatic nitrogens is 1. The molecule has 1 N–H and O–H groups in total. The van der Waals surface area contributed by atoms with Crippen molar-refractivity contribution in [2.75, 3.05) is 0 Å². The molecule has 29 heavy (non-hydrogen) atoms. The summed E-state index contributed by atoms with van der Waals surface area (Å²) in [4.78, 5) is 30.2. The SMILES string of the molecule is O=C(c1ccccc1)c1ccc2c([nH]c3ccccc32)c1C(=O)c1ccccc1. The van der Waals surface area contributed by atoms with Crippen LogP contribution >= 0.6 is 0 Å². The van der Waals surface area contributed by atoms with E-state index in [9.17, 15) is 9.59 Å². The summed E-state index contributed by atoms with van der Waals surface area (Å²) in [5, 5.41) is 1.97. The molecule has 0 bridgehead atoms. The van der Waals surface area contributed by atoms with Crippen LogP contribution in [0.1, 0.15) is 31.8 Å². The molecule has 0 fully saturated rings. The van der Waals surface area contributed by atoms with Gasteiger partial charge in [0.15, 0.2) is 11.6 Å². The molecule has 0 spiro atoms. The fraction of sp³-hybridized carbons (Fsp3) is 0. The fourth-order valence-electron chi connectivity index (χ4n) is 3.82. The van der Waals surface area contributed by atoms with Crippen molar-refractivity contribution in [1.29, 1.82) is 0 Å². The number of carbonyl (C=O) groups is 2. The first kappa shape index (κ1) is 17.1. The van der Waals surface area contributed by atoms with Crippen LogP contribution in [0, 0.1) is 0 Å². The van der Waals surface area contributed by atoms with Crippen molar-refractivity contribution >= 4 is 33.4 Å². The highest BCUT2D eigenvalue weighted by Crippen LogP contribution is 2.32. The highest BCUT2D eigenvalue weighted by atomic mass is 16.1. The van der Waals surface area contributed by atoms with Crippen LogP contribution in [0.15, 0.2) is 97.1 Å². The van der Waals surface area contributed by atoms with E-state index < -0.39 is 0 Å². The van der Waals surface area contributed by atoms with E-state index in [0.717, 1.165) is 16.3 Å². The van der Waals surface area contributed by atoms with Gasteiger partial charge in [0.25, 0.3) is 0 Å². The Hall–Kier alpha value is -3.98. The molecule has 5 rings (SSSR count). The number of benzene rings is 4. The number of aromatic amines is 1. The molecular weight excluding hydrogens is 358 g/mol. The Morgan fingerprint density at radius 2 is 1.14 bits per heavy atom. The van der Waals surface area contributed by atoms with E-state index in [0.29, 0.717) is 27.8 Å². The summed E-state index contributed by atoms with van der Waals surface area (Å²) in [6.45, 7) is 0. The van der Waals surface area contributed by atoms with Gasteiger partial charge in [-0.1, -0.05) is 84.9 Å². The maximum absolute atomic E-state index is 13.5. The lowest BCUT2D eigenvalue weighted by Gasteiger charge is -2.10. The van der Waals surface area contributed by atoms with Crippen molar-refractivity contribution in [2.45, 2.75) is 0 Å². The molecule has 138 valence electrons. The average molecular weight is 375 g/mol. The second-order valence-electron chi connectivity index (χ2n) is 6.97. The van der Waals surface area contributed by atoms with Crippen LogP contribution in [0.5, 0.6) is 0 Å². The molecule has 0 aliphatic carbocycles. The van der Waals surface area contributed by atoms with Gasteiger partial charge in [-0.3, -0.25) is 9.59 Å². The summed E-state index contributed by atoms with van der Waals surface area (Å²) < 4.78 is 0. The predicted octanol–water partition coefficient (Wildman–Crippen LogP) is 5.78. The van der Waals surface area contributed by atoms with E-state index in [1.807, 2.05) is 66.7 Å². The molecule has 0 amide bonds. The van der Waals surface area contributed by atoms with Crippen molar-refractivity contribution in [3.63, 3.8) is 0 Å². The van der Waals surface area contributed by atoms with Crippen LogP contribution in [0.3, 0.4) is 0 Å². The quantitative estimate of drug-likeness (QED) is 0.405. The number of hydrogen-bond acceptors (Lipinski definition) is 2. The van der Waals surface area contributed by atoms with Gasteiger partial charge in [-0.05, 0) is 12.1 Å². The Morgan fingerprint density at radius 3 is 1.83 bits per heavy atom. The van der Waals surface area contributed by atoms with E-state index in [4.69, 9.17) is 0 Å². The van der Waals surface area contributed by atoms with Gasteiger partial charge >= 0.3 is 0 Å². The smallest absolute Gasteiger partial charge is 0.195 e. The van der Waals surface area contributed by atoms with Crippen molar-refractivity contribution in [3.8, 4) is 0 Å². The number of carbonyl (C=O) groups excluding carboxylic acids is 2. The van der Waals surface area contributed by atoms with Gasteiger partial charge in [-0.2, -0.15) is 0 Å². The van der Waals surface area contributed by atoms with Crippen LogP contribution in [-0.4, -0.2) is 16.6 Å². The maximum Gasteiger partial charge on any atom is 0.195 e. The summed E-state index contributed by atoms with van der Waals surface area (Å²) in [6, 6.07) is 29.8. The Bertz CT molecular complexity index is 1370. The Labute approximate surface area is 167 Å². The lowest BCUT2D eigenvalue weighted by molar-refractivity contribution is 0.100. The summed E-state index contributed by atoms with van der Waals surface area (Å²) in [7, 11) is 0. The molecular formula is C26H17NO2. The molecule has 1 aromatic heterocycles.